The highest BCUT2D eigenvalue weighted by atomic mass is 35.5. The van der Waals surface area contributed by atoms with Gasteiger partial charge in [0.15, 0.2) is 0 Å². The molecular formula is C10H9Cl2NO. The van der Waals surface area contributed by atoms with Gasteiger partial charge in [-0.1, -0.05) is 29.3 Å². The van der Waals surface area contributed by atoms with Crippen LogP contribution in [0.4, 0.5) is 0 Å². The number of nitrogens with zero attached hydrogens (tertiary/aromatic N) is 1. The predicted molar refractivity (Wildman–Crippen MR) is 56.8 cm³/mol. The minimum Gasteiger partial charge on any atom is -0.492 e. The Morgan fingerprint density at radius 2 is 2.14 bits per heavy atom. The highest BCUT2D eigenvalue weighted by Crippen LogP contribution is 2.31. The van der Waals surface area contributed by atoms with E-state index < -0.39 is 0 Å². The Kier molecular flexibility index (Phi) is 4.58. The van der Waals surface area contributed by atoms with Gasteiger partial charge >= 0.3 is 0 Å². The second kappa shape index (κ2) is 5.74. The fourth-order valence-corrected chi connectivity index (χ4v) is 1.28. The monoisotopic (exact) mass is 229 g/mol. The molecule has 0 bridgehead atoms. The van der Waals surface area contributed by atoms with Crippen LogP contribution in [0.25, 0.3) is 0 Å². The summed E-state index contributed by atoms with van der Waals surface area (Å²) in [5.74, 6) is 0.567. The van der Waals surface area contributed by atoms with Crippen molar-refractivity contribution in [3.05, 3.63) is 28.2 Å². The third-order valence-corrected chi connectivity index (χ3v) is 2.41. The smallest absolute Gasteiger partial charge is 0.139 e. The van der Waals surface area contributed by atoms with Crippen molar-refractivity contribution in [1.82, 2.24) is 0 Å². The fraction of sp³-hybridized carbons (Fsp3) is 0.300. The van der Waals surface area contributed by atoms with Gasteiger partial charge in [-0.2, -0.15) is 5.26 Å². The number of halogens is 2. The molecule has 0 unspecified atom stereocenters. The molecule has 0 radical (unpaired) electrons. The molecular weight excluding hydrogens is 221 g/mol. The maximum atomic E-state index is 8.31. The van der Waals surface area contributed by atoms with E-state index in [4.69, 9.17) is 33.2 Å². The summed E-state index contributed by atoms with van der Waals surface area (Å²) in [7, 11) is 0. The van der Waals surface area contributed by atoms with Crippen LogP contribution in [-0.4, -0.2) is 6.61 Å². The van der Waals surface area contributed by atoms with Crippen molar-refractivity contribution in [2.75, 3.05) is 6.61 Å². The van der Waals surface area contributed by atoms with Crippen LogP contribution in [0.3, 0.4) is 0 Å². The lowest BCUT2D eigenvalue weighted by Gasteiger charge is -2.07. The third-order valence-electron chi connectivity index (χ3n) is 1.61. The third kappa shape index (κ3) is 3.10. The van der Waals surface area contributed by atoms with Crippen LogP contribution in [-0.2, 0) is 0 Å². The number of hydrogen-bond donors (Lipinski definition) is 0. The van der Waals surface area contributed by atoms with Gasteiger partial charge in [-0.15, -0.1) is 0 Å². The van der Waals surface area contributed by atoms with E-state index in [0.29, 0.717) is 35.2 Å². The number of rotatable bonds is 4. The van der Waals surface area contributed by atoms with Crippen LogP contribution in [0.15, 0.2) is 18.2 Å². The van der Waals surface area contributed by atoms with Crippen molar-refractivity contribution < 1.29 is 4.74 Å². The molecule has 0 heterocycles. The molecule has 0 atom stereocenters. The van der Waals surface area contributed by atoms with E-state index in [-0.39, 0.29) is 0 Å². The molecule has 4 heteroatoms. The summed E-state index contributed by atoms with van der Waals surface area (Å²) >= 11 is 11.7. The Morgan fingerprint density at radius 1 is 1.36 bits per heavy atom. The zero-order valence-electron chi connectivity index (χ0n) is 7.46. The van der Waals surface area contributed by atoms with E-state index >= 15 is 0 Å². The summed E-state index contributed by atoms with van der Waals surface area (Å²) in [6.07, 6.45) is 1.18. The second-order valence-electron chi connectivity index (χ2n) is 2.66. The minimum absolute atomic E-state index is 0.422. The van der Waals surface area contributed by atoms with Gasteiger partial charge in [-0.25, -0.2) is 0 Å². The van der Waals surface area contributed by atoms with Crippen molar-refractivity contribution >= 4 is 23.2 Å². The van der Waals surface area contributed by atoms with Crippen LogP contribution in [0, 0.1) is 11.3 Å². The van der Waals surface area contributed by atoms with E-state index in [1.165, 1.54) is 0 Å². The first-order valence-electron chi connectivity index (χ1n) is 4.19. The second-order valence-corrected chi connectivity index (χ2v) is 3.45. The lowest BCUT2D eigenvalue weighted by Crippen LogP contribution is -1.97. The van der Waals surface area contributed by atoms with Crippen molar-refractivity contribution in [3.8, 4) is 11.8 Å². The van der Waals surface area contributed by atoms with Gasteiger partial charge in [0.2, 0.25) is 0 Å². The highest BCUT2D eigenvalue weighted by molar-refractivity contribution is 6.42. The molecule has 0 fully saturated rings. The van der Waals surface area contributed by atoms with Crippen LogP contribution in [0.5, 0.6) is 5.75 Å². The molecule has 1 rings (SSSR count). The maximum absolute atomic E-state index is 8.31. The van der Waals surface area contributed by atoms with E-state index in [2.05, 4.69) is 0 Å². The zero-order valence-corrected chi connectivity index (χ0v) is 8.98. The molecule has 0 aliphatic heterocycles. The first-order chi connectivity index (χ1) is 6.75. The SMILES string of the molecule is N#CCCCOc1cccc(Cl)c1Cl. The van der Waals surface area contributed by atoms with E-state index in [1.54, 1.807) is 18.2 Å². The number of benzene rings is 1. The molecule has 0 saturated heterocycles. The van der Waals surface area contributed by atoms with Crippen LogP contribution < -0.4 is 4.74 Å². The van der Waals surface area contributed by atoms with Gasteiger partial charge < -0.3 is 4.74 Å². The van der Waals surface area contributed by atoms with Gasteiger partial charge in [0, 0.05) is 6.42 Å². The number of ether oxygens (including phenoxy) is 1. The van der Waals surface area contributed by atoms with E-state index in [1.807, 2.05) is 6.07 Å². The van der Waals surface area contributed by atoms with Gasteiger partial charge in [-0.05, 0) is 18.6 Å². The fourth-order valence-electron chi connectivity index (χ4n) is 0.929. The number of hydrogen-bond acceptors (Lipinski definition) is 2. The van der Waals surface area contributed by atoms with Crippen molar-refractivity contribution in [2.24, 2.45) is 0 Å². The average molecular weight is 230 g/mol. The first-order valence-corrected chi connectivity index (χ1v) is 4.95. The molecule has 1 aromatic rings. The van der Waals surface area contributed by atoms with Crippen LogP contribution >= 0.6 is 23.2 Å². The minimum atomic E-state index is 0.422. The summed E-state index contributed by atoms with van der Waals surface area (Å²) < 4.78 is 5.35. The Hall–Kier alpha value is -0.910. The van der Waals surface area contributed by atoms with Gasteiger partial charge in [0.1, 0.15) is 10.8 Å². The molecule has 0 spiro atoms. The highest BCUT2D eigenvalue weighted by Gasteiger charge is 2.04. The van der Waals surface area contributed by atoms with Gasteiger partial charge in [0.05, 0.1) is 17.7 Å². The Balaban J connectivity index is 2.51. The summed E-state index contributed by atoms with van der Waals surface area (Å²) in [5, 5.41) is 9.21. The van der Waals surface area contributed by atoms with Gasteiger partial charge in [0.25, 0.3) is 0 Å². The predicted octanol–water partition coefficient (Wildman–Crippen LogP) is 3.68. The van der Waals surface area contributed by atoms with E-state index in [0.717, 1.165) is 0 Å². The molecule has 14 heavy (non-hydrogen) atoms. The molecule has 0 N–H and O–H groups in total. The topological polar surface area (TPSA) is 33.0 Å². The molecule has 0 aromatic heterocycles. The zero-order chi connectivity index (χ0) is 10.4. The lowest BCUT2D eigenvalue weighted by molar-refractivity contribution is 0.313. The van der Waals surface area contributed by atoms with Crippen molar-refractivity contribution in [3.63, 3.8) is 0 Å². The van der Waals surface area contributed by atoms with Crippen molar-refractivity contribution in [1.29, 1.82) is 5.26 Å². The first kappa shape index (κ1) is 11.2. The molecule has 0 aliphatic rings. The Morgan fingerprint density at radius 3 is 2.86 bits per heavy atom. The Bertz CT molecular complexity index is 346. The Labute approximate surface area is 93.0 Å². The molecule has 2 nitrogen and oxygen atoms in total. The number of unbranched alkanes of at least 4 members (excludes halogenated alkanes) is 1. The molecule has 74 valence electrons. The summed E-state index contributed by atoms with van der Waals surface area (Å²) in [6.45, 7) is 0.480. The normalized spacial score (nSPS) is 9.50. The van der Waals surface area contributed by atoms with Crippen LogP contribution in [0.2, 0.25) is 10.0 Å². The van der Waals surface area contributed by atoms with Crippen LogP contribution in [0.1, 0.15) is 12.8 Å². The number of nitriles is 1. The molecule has 0 amide bonds. The standard InChI is InChI=1S/C10H9Cl2NO/c11-8-4-3-5-9(10(8)12)14-7-2-1-6-13/h3-5H,1-2,7H2. The molecule has 0 aliphatic carbocycles. The molecule has 1 aromatic carbocycles. The average Bonchev–Trinajstić information content (AvgIpc) is 2.19. The van der Waals surface area contributed by atoms with Crippen molar-refractivity contribution in [2.45, 2.75) is 12.8 Å². The molecule has 0 saturated carbocycles. The maximum Gasteiger partial charge on any atom is 0.139 e. The summed E-state index contributed by atoms with van der Waals surface area (Å²) in [4.78, 5) is 0. The quantitative estimate of drug-likeness (QED) is 0.739. The lowest BCUT2D eigenvalue weighted by atomic mass is 10.3. The van der Waals surface area contributed by atoms with Gasteiger partial charge in [-0.3, -0.25) is 0 Å². The summed E-state index contributed by atoms with van der Waals surface area (Å²) in [6, 6.07) is 7.26. The van der Waals surface area contributed by atoms with E-state index in [9.17, 15) is 0 Å². The largest absolute Gasteiger partial charge is 0.492 e. The summed E-state index contributed by atoms with van der Waals surface area (Å²) in [5.41, 5.74) is 0.